The van der Waals surface area contributed by atoms with E-state index in [0.717, 1.165) is 36.1 Å². The minimum absolute atomic E-state index is 0.0165. The van der Waals surface area contributed by atoms with Crippen molar-refractivity contribution in [3.63, 3.8) is 0 Å². The van der Waals surface area contributed by atoms with Crippen LogP contribution in [0.15, 0.2) is 48.5 Å². The first-order valence-corrected chi connectivity index (χ1v) is 13.2. The largest absolute Gasteiger partial charge is 0.419 e. The number of alkyl halides is 5. The van der Waals surface area contributed by atoms with E-state index in [4.69, 9.17) is 34.8 Å². The summed E-state index contributed by atoms with van der Waals surface area (Å²) in [6, 6.07) is 7.86. The van der Waals surface area contributed by atoms with Crippen LogP contribution in [0.25, 0.3) is 0 Å². The summed E-state index contributed by atoms with van der Waals surface area (Å²) in [5, 5.41) is 2.38. The summed E-state index contributed by atoms with van der Waals surface area (Å²) >= 11 is 18.6. The van der Waals surface area contributed by atoms with Gasteiger partial charge in [-0.25, -0.2) is 13.2 Å². The van der Waals surface area contributed by atoms with Crippen LogP contribution in [0.2, 0.25) is 5.02 Å². The van der Waals surface area contributed by atoms with E-state index < -0.39 is 74.9 Å². The molecule has 2 atom stereocenters. The van der Waals surface area contributed by atoms with Gasteiger partial charge < -0.3 is 10.2 Å². The Balaban J connectivity index is 1.57. The molecule has 1 fully saturated rings. The highest BCUT2D eigenvalue weighted by Crippen LogP contribution is 2.65. The van der Waals surface area contributed by atoms with Crippen LogP contribution in [0.4, 0.5) is 37.7 Å². The van der Waals surface area contributed by atoms with Gasteiger partial charge in [0.1, 0.15) is 21.8 Å². The van der Waals surface area contributed by atoms with Gasteiger partial charge in [-0.1, -0.05) is 17.7 Å². The number of hydrogen-bond acceptors (Lipinski definition) is 3. The van der Waals surface area contributed by atoms with Crippen LogP contribution in [0.5, 0.6) is 0 Å². The van der Waals surface area contributed by atoms with Gasteiger partial charge in [0.15, 0.2) is 5.82 Å². The van der Waals surface area contributed by atoms with Crippen molar-refractivity contribution in [1.29, 1.82) is 0 Å². The van der Waals surface area contributed by atoms with Crippen molar-refractivity contribution in [2.45, 2.75) is 29.8 Å². The van der Waals surface area contributed by atoms with E-state index in [1.54, 1.807) is 0 Å². The predicted octanol–water partition coefficient (Wildman–Crippen LogP) is 7.71. The number of benzene rings is 3. The Kier molecular flexibility index (Phi) is 8.61. The zero-order valence-corrected chi connectivity index (χ0v) is 23.8. The predicted molar refractivity (Wildman–Crippen MR) is 146 cm³/mol. The third-order valence-electron chi connectivity index (χ3n) is 6.71. The first-order chi connectivity index (χ1) is 19.4. The van der Waals surface area contributed by atoms with Crippen LogP contribution in [0.1, 0.15) is 39.9 Å². The second-order valence-electron chi connectivity index (χ2n) is 9.65. The average Bonchev–Trinajstić information content (AvgIpc) is 3.48. The molecule has 0 heterocycles. The lowest BCUT2D eigenvalue weighted by Gasteiger charge is -2.20. The highest BCUT2D eigenvalue weighted by molar-refractivity contribution is 6.53. The number of anilines is 2. The van der Waals surface area contributed by atoms with E-state index in [-0.39, 0.29) is 27.5 Å². The van der Waals surface area contributed by atoms with Gasteiger partial charge >= 0.3 is 6.18 Å². The summed E-state index contributed by atoms with van der Waals surface area (Å²) in [4.78, 5) is 38.6. The lowest BCUT2D eigenvalue weighted by atomic mass is 10.0. The molecule has 0 spiro atoms. The van der Waals surface area contributed by atoms with Gasteiger partial charge in [0.2, 0.25) is 5.91 Å². The van der Waals surface area contributed by atoms with E-state index in [2.05, 4.69) is 5.32 Å². The van der Waals surface area contributed by atoms with Crippen LogP contribution < -0.4 is 10.2 Å². The second-order valence-corrected chi connectivity index (χ2v) is 11.5. The molecule has 3 aromatic rings. The Labute approximate surface area is 250 Å². The summed E-state index contributed by atoms with van der Waals surface area (Å²) in [5.74, 6) is -8.08. The molecule has 14 heteroatoms. The Morgan fingerprint density at radius 1 is 0.976 bits per heavy atom. The number of carbonyl (C=O) groups is 3. The topological polar surface area (TPSA) is 66.5 Å². The number of Topliss-reactive ketones (excluding diaryl/α,β-unsaturated/α-hetero) is 1. The van der Waals surface area contributed by atoms with Crippen molar-refractivity contribution in [3.05, 3.63) is 93.3 Å². The number of nitrogens with one attached hydrogen (secondary N) is 1. The van der Waals surface area contributed by atoms with Crippen molar-refractivity contribution < 1.29 is 40.7 Å². The maximum Gasteiger partial charge on any atom is 0.419 e. The summed E-state index contributed by atoms with van der Waals surface area (Å²) in [6.45, 7) is 1.15. The number of ketones is 1. The summed E-state index contributed by atoms with van der Waals surface area (Å²) in [5.41, 5.74) is -2.67. The molecule has 1 aliphatic carbocycles. The molecule has 0 saturated heterocycles. The molecule has 4 rings (SSSR count). The van der Waals surface area contributed by atoms with E-state index in [1.165, 1.54) is 19.2 Å². The van der Waals surface area contributed by atoms with Crippen molar-refractivity contribution in [2.75, 3.05) is 17.3 Å². The maximum atomic E-state index is 15.0. The Hall–Kier alpha value is -3.28. The number of carbonyl (C=O) groups excluding carboxylic acids is 3. The van der Waals surface area contributed by atoms with Crippen molar-refractivity contribution in [1.82, 2.24) is 0 Å². The van der Waals surface area contributed by atoms with Gasteiger partial charge in [-0.3, -0.25) is 14.4 Å². The lowest BCUT2D eigenvalue weighted by molar-refractivity contribution is -0.140. The molecule has 222 valence electrons. The highest BCUT2D eigenvalue weighted by atomic mass is 35.5. The standard InChI is InChI=1S/C28H19Cl3F6N2O3/c1-12(40)9-16-19(32)7-8-21(24(16)34)39(2)26(42)15-11-14(4-5-18(15)29)38-25(41)23-22(27(23,30)31)13-3-6-20(33)17(10-13)28(35,36)37/h3-8,10-11,22-23H,9H2,1-2H3,(H,38,41)/t22-,23+/m0/s1. The number of nitrogens with zero attached hydrogens (tertiary/aromatic N) is 1. The minimum atomic E-state index is -4.99. The fraction of sp³-hybridized carbons (Fsp3) is 0.250. The number of hydrogen-bond donors (Lipinski definition) is 1. The van der Waals surface area contributed by atoms with Gasteiger partial charge in [0.25, 0.3) is 5.91 Å². The minimum Gasteiger partial charge on any atom is -0.326 e. The molecule has 1 aliphatic rings. The third kappa shape index (κ3) is 6.09. The van der Waals surface area contributed by atoms with Gasteiger partial charge in [0.05, 0.1) is 27.8 Å². The fourth-order valence-electron chi connectivity index (χ4n) is 4.55. The van der Waals surface area contributed by atoms with Crippen molar-refractivity contribution in [3.8, 4) is 0 Å². The zero-order valence-electron chi connectivity index (χ0n) is 21.6. The molecule has 1 saturated carbocycles. The molecule has 3 aromatic carbocycles. The molecule has 0 aliphatic heterocycles. The Morgan fingerprint density at radius 2 is 1.62 bits per heavy atom. The molecular formula is C28H19Cl3F6N2O3. The molecule has 5 nitrogen and oxygen atoms in total. The normalized spacial score (nSPS) is 17.5. The molecule has 1 N–H and O–H groups in total. The first-order valence-electron chi connectivity index (χ1n) is 12.0. The maximum absolute atomic E-state index is 15.0. The van der Waals surface area contributed by atoms with Gasteiger partial charge in [-0.05, 0) is 55.0 Å². The van der Waals surface area contributed by atoms with Crippen LogP contribution in [0.3, 0.4) is 0 Å². The van der Waals surface area contributed by atoms with Crippen LogP contribution in [0, 0.1) is 23.4 Å². The average molecular weight is 652 g/mol. The highest BCUT2D eigenvalue weighted by Gasteiger charge is 2.67. The van der Waals surface area contributed by atoms with Crippen molar-refractivity contribution in [2.24, 2.45) is 5.92 Å². The zero-order chi connectivity index (χ0) is 31.3. The van der Waals surface area contributed by atoms with E-state index >= 15 is 4.39 Å². The van der Waals surface area contributed by atoms with Crippen molar-refractivity contribution >= 4 is 63.8 Å². The molecule has 2 amide bonds. The molecule has 0 aromatic heterocycles. The second kappa shape index (κ2) is 11.4. The number of halogens is 9. The van der Waals surface area contributed by atoms with E-state index in [1.807, 2.05) is 0 Å². The van der Waals surface area contributed by atoms with Gasteiger partial charge in [0, 0.05) is 30.6 Å². The van der Waals surface area contributed by atoms with E-state index in [9.17, 15) is 36.3 Å². The summed E-state index contributed by atoms with van der Waals surface area (Å²) < 4.78 is 80.6. The summed E-state index contributed by atoms with van der Waals surface area (Å²) in [7, 11) is 1.19. The fourth-order valence-corrected chi connectivity index (χ4v) is 5.58. The molecule has 42 heavy (non-hydrogen) atoms. The molecule has 0 bridgehead atoms. The Morgan fingerprint density at radius 3 is 2.24 bits per heavy atom. The third-order valence-corrected chi connectivity index (χ3v) is 7.98. The number of rotatable bonds is 7. The van der Waals surface area contributed by atoms with Crippen LogP contribution in [-0.2, 0) is 22.2 Å². The van der Waals surface area contributed by atoms with Crippen LogP contribution >= 0.6 is 34.8 Å². The quantitative estimate of drug-likeness (QED) is 0.210. The molecule has 0 radical (unpaired) electrons. The SMILES string of the molecule is CC(=O)Cc1c(F)ccc(N(C)C(=O)c2cc(NC(=O)[C@H]3[C@H](c4ccc(F)c(C(F)(F)F)c4)C3(Cl)Cl)ccc2Cl)c1F. The smallest absolute Gasteiger partial charge is 0.326 e. The van der Waals surface area contributed by atoms with Gasteiger partial charge in [-0.2, -0.15) is 13.2 Å². The Bertz CT molecular complexity index is 1610. The van der Waals surface area contributed by atoms with Gasteiger partial charge in [-0.15, -0.1) is 23.2 Å². The summed E-state index contributed by atoms with van der Waals surface area (Å²) in [6.07, 6.45) is -5.52. The molecular weight excluding hydrogens is 633 g/mol. The lowest BCUT2D eigenvalue weighted by Crippen LogP contribution is -2.28. The first kappa shape index (κ1) is 31.7. The van der Waals surface area contributed by atoms with Crippen LogP contribution in [-0.4, -0.2) is 29.0 Å². The molecule has 0 unspecified atom stereocenters. The monoisotopic (exact) mass is 650 g/mol. The van der Waals surface area contributed by atoms with E-state index in [0.29, 0.717) is 12.1 Å². The number of amides is 2.